The second kappa shape index (κ2) is 9.09. The molecule has 0 aliphatic rings. The van der Waals surface area contributed by atoms with Gasteiger partial charge in [-0.25, -0.2) is 17.8 Å². The molecule has 0 aliphatic carbocycles. The third-order valence-corrected chi connectivity index (χ3v) is 6.24. The van der Waals surface area contributed by atoms with Crippen molar-refractivity contribution in [1.82, 2.24) is 20.4 Å². The molecule has 0 saturated carbocycles. The van der Waals surface area contributed by atoms with Crippen LogP contribution in [0.5, 0.6) is 0 Å². The molecule has 2 heterocycles. The zero-order valence-corrected chi connectivity index (χ0v) is 17.8. The Balaban J connectivity index is 1.39. The summed E-state index contributed by atoms with van der Waals surface area (Å²) in [5.74, 6) is -2.41. The molecule has 0 unspecified atom stereocenters. The molecular weight excluding hydrogens is 451 g/mol. The van der Waals surface area contributed by atoms with E-state index in [2.05, 4.69) is 15.8 Å². The molecule has 4 aromatic rings. The van der Waals surface area contributed by atoms with E-state index >= 15 is 0 Å². The van der Waals surface area contributed by atoms with Crippen LogP contribution in [0, 0.1) is 5.82 Å². The van der Waals surface area contributed by atoms with E-state index in [-0.39, 0.29) is 22.1 Å². The average Bonchev–Trinajstić information content (AvgIpc) is 3.48. The number of nitrogens with zero attached hydrogens (tertiary/aromatic N) is 2. The molecule has 0 aliphatic heterocycles. The Morgan fingerprint density at radius 2 is 1.64 bits per heavy atom. The summed E-state index contributed by atoms with van der Waals surface area (Å²) in [6.45, 7) is 0. The van der Waals surface area contributed by atoms with E-state index in [0.29, 0.717) is 5.69 Å². The summed E-state index contributed by atoms with van der Waals surface area (Å²) in [5.41, 5.74) is 5.03. The molecule has 0 radical (unpaired) electrons. The third kappa shape index (κ3) is 4.99. The maximum Gasteiger partial charge on any atom is 0.305 e. The zero-order chi connectivity index (χ0) is 23.4. The maximum atomic E-state index is 13.1. The third-order valence-electron chi connectivity index (χ3n) is 4.59. The number of hydrazine groups is 1. The number of sulfone groups is 1. The highest BCUT2D eigenvalue weighted by molar-refractivity contribution is 7.90. The molecule has 0 fully saturated rings. The van der Waals surface area contributed by atoms with Gasteiger partial charge in [-0.3, -0.25) is 25.0 Å². The Morgan fingerprint density at radius 1 is 0.939 bits per heavy atom. The van der Waals surface area contributed by atoms with E-state index < -0.39 is 33.2 Å². The predicted molar refractivity (Wildman–Crippen MR) is 114 cm³/mol. The van der Waals surface area contributed by atoms with E-state index in [4.69, 9.17) is 4.42 Å². The van der Waals surface area contributed by atoms with Crippen molar-refractivity contribution in [3.05, 3.63) is 102 Å². The Kier molecular flexibility index (Phi) is 6.05. The normalized spacial score (nSPS) is 11.2. The van der Waals surface area contributed by atoms with Gasteiger partial charge < -0.3 is 4.42 Å². The number of benzene rings is 2. The van der Waals surface area contributed by atoms with Crippen molar-refractivity contribution in [2.45, 2.75) is 10.6 Å². The summed E-state index contributed by atoms with van der Waals surface area (Å²) < 4.78 is 44.8. The molecule has 0 saturated heterocycles. The quantitative estimate of drug-likeness (QED) is 0.420. The van der Waals surface area contributed by atoms with Crippen molar-refractivity contribution in [2.24, 2.45) is 0 Å². The SMILES string of the molecule is O=C(NNC(=O)c1cncn1-c1ccc(F)cc1)c1ccc(CS(=O)(=O)c2ccccc2)o1. The van der Waals surface area contributed by atoms with Gasteiger partial charge in [0.1, 0.15) is 23.0 Å². The Labute approximate surface area is 187 Å². The molecule has 0 atom stereocenters. The van der Waals surface area contributed by atoms with Crippen LogP contribution in [0.3, 0.4) is 0 Å². The summed E-state index contributed by atoms with van der Waals surface area (Å²) in [7, 11) is -3.64. The highest BCUT2D eigenvalue weighted by Crippen LogP contribution is 2.18. The first-order valence-electron chi connectivity index (χ1n) is 9.59. The van der Waals surface area contributed by atoms with Crippen LogP contribution in [-0.4, -0.2) is 29.8 Å². The number of aromatic nitrogens is 2. The second-order valence-electron chi connectivity index (χ2n) is 6.87. The van der Waals surface area contributed by atoms with Crippen molar-refractivity contribution in [3.8, 4) is 5.69 Å². The largest absolute Gasteiger partial charge is 0.455 e. The van der Waals surface area contributed by atoms with Gasteiger partial charge in [0.2, 0.25) is 0 Å². The molecule has 2 amide bonds. The fraction of sp³-hybridized carbons (Fsp3) is 0.0455. The lowest BCUT2D eigenvalue weighted by Gasteiger charge is -2.09. The molecule has 9 nitrogen and oxygen atoms in total. The van der Waals surface area contributed by atoms with Gasteiger partial charge in [0.15, 0.2) is 15.6 Å². The number of halogens is 1. The maximum absolute atomic E-state index is 13.1. The predicted octanol–water partition coefficient (Wildman–Crippen LogP) is 2.65. The highest BCUT2D eigenvalue weighted by atomic mass is 32.2. The van der Waals surface area contributed by atoms with Crippen molar-refractivity contribution in [2.75, 3.05) is 0 Å². The number of carbonyl (C=O) groups excluding carboxylic acids is 2. The molecule has 11 heteroatoms. The van der Waals surface area contributed by atoms with Gasteiger partial charge in [-0.05, 0) is 48.5 Å². The number of nitrogens with one attached hydrogen (secondary N) is 2. The van der Waals surface area contributed by atoms with E-state index in [0.717, 1.165) is 0 Å². The topological polar surface area (TPSA) is 123 Å². The van der Waals surface area contributed by atoms with Gasteiger partial charge in [0.25, 0.3) is 5.91 Å². The monoisotopic (exact) mass is 468 g/mol. The lowest BCUT2D eigenvalue weighted by molar-refractivity contribution is 0.0827. The smallest absolute Gasteiger partial charge is 0.305 e. The summed E-state index contributed by atoms with van der Waals surface area (Å²) in [4.78, 5) is 28.9. The Bertz CT molecular complexity index is 1400. The molecule has 2 aromatic heterocycles. The van der Waals surface area contributed by atoms with E-state index in [1.54, 1.807) is 18.2 Å². The van der Waals surface area contributed by atoms with Crippen molar-refractivity contribution < 1.29 is 26.8 Å². The Hall–Kier alpha value is -4.25. The fourth-order valence-corrected chi connectivity index (χ4v) is 4.25. The van der Waals surface area contributed by atoms with Crippen molar-refractivity contribution in [3.63, 3.8) is 0 Å². The van der Waals surface area contributed by atoms with Crippen LogP contribution in [0.15, 0.2) is 88.6 Å². The van der Waals surface area contributed by atoms with E-state index in [1.165, 1.54) is 65.6 Å². The van der Waals surface area contributed by atoms with Crippen LogP contribution < -0.4 is 10.9 Å². The summed E-state index contributed by atoms with van der Waals surface area (Å²) in [6, 6.07) is 16.0. The van der Waals surface area contributed by atoms with Crippen LogP contribution in [0.4, 0.5) is 4.39 Å². The molecule has 0 spiro atoms. The van der Waals surface area contributed by atoms with Crippen LogP contribution in [0.1, 0.15) is 26.8 Å². The van der Waals surface area contributed by atoms with Gasteiger partial charge >= 0.3 is 5.91 Å². The van der Waals surface area contributed by atoms with Gasteiger partial charge in [-0.2, -0.15) is 0 Å². The van der Waals surface area contributed by atoms with Crippen LogP contribution in [0.25, 0.3) is 5.69 Å². The second-order valence-corrected chi connectivity index (χ2v) is 8.86. The summed E-state index contributed by atoms with van der Waals surface area (Å²) in [6.07, 6.45) is 2.65. The molecule has 4 rings (SSSR count). The van der Waals surface area contributed by atoms with Gasteiger partial charge in [-0.1, -0.05) is 18.2 Å². The number of carbonyl (C=O) groups is 2. The first kappa shape index (κ1) is 22.0. The molecule has 2 N–H and O–H groups in total. The lowest BCUT2D eigenvalue weighted by atomic mass is 10.3. The molecule has 0 bridgehead atoms. The first-order valence-corrected chi connectivity index (χ1v) is 11.2. The van der Waals surface area contributed by atoms with Crippen LogP contribution >= 0.6 is 0 Å². The first-order chi connectivity index (χ1) is 15.8. The number of rotatable bonds is 6. The fourth-order valence-electron chi connectivity index (χ4n) is 2.99. The summed E-state index contributed by atoms with van der Waals surface area (Å²) in [5, 5.41) is 0. The van der Waals surface area contributed by atoms with Crippen molar-refractivity contribution >= 4 is 21.7 Å². The van der Waals surface area contributed by atoms with Crippen LogP contribution in [0.2, 0.25) is 0 Å². The number of hydrogen-bond donors (Lipinski definition) is 2. The molecule has 2 aromatic carbocycles. The molecule has 33 heavy (non-hydrogen) atoms. The minimum absolute atomic E-state index is 0.0738. The standard InChI is InChI=1S/C22H17FN4O5S/c23-15-6-8-16(9-7-15)27-14-24-12-19(27)21(28)25-26-22(29)20-11-10-17(32-20)13-33(30,31)18-4-2-1-3-5-18/h1-12,14H,13H2,(H,25,28)(H,26,29). The van der Waals surface area contributed by atoms with Crippen molar-refractivity contribution in [1.29, 1.82) is 0 Å². The van der Waals surface area contributed by atoms with Gasteiger partial charge in [-0.15, -0.1) is 0 Å². The zero-order valence-electron chi connectivity index (χ0n) is 16.9. The lowest BCUT2D eigenvalue weighted by Crippen LogP contribution is -2.42. The molecule has 168 valence electrons. The average molecular weight is 468 g/mol. The van der Waals surface area contributed by atoms with E-state index in [9.17, 15) is 22.4 Å². The van der Waals surface area contributed by atoms with Gasteiger partial charge in [0.05, 0.1) is 17.4 Å². The summed E-state index contributed by atoms with van der Waals surface area (Å²) >= 11 is 0. The molecular formula is C22H17FN4O5S. The minimum atomic E-state index is -3.64. The highest BCUT2D eigenvalue weighted by Gasteiger charge is 2.20. The number of amides is 2. The Morgan fingerprint density at radius 3 is 2.36 bits per heavy atom. The van der Waals surface area contributed by atoms with Gasteiger partial charge in [0, 0.05) is 5.69 Å². The number of furan rings is 1. The number of hydrogen-bond acceptors (Lipinski definition) is 6. The number of imidazole rings is 1. The minimum Gasteiger partial charge on any atom is -0.455 e. The van der Waals surface area contributed by atoms with E-state index in [1.807, 2.05) is 0 Å². The van der Waals surface area contributed by atoms with Crippen LogP contribution in [-0.2, 0) is 15.6 Å².